The Morgan fingerprint density at radius 1 is 0.853 bits per heavy atom. The zero-order valence-electron chi connectivity index (χ0n) is 18.1. The van der Waals surface area contributed by atoms with E-state index in [1.165, 1.54) is 17.8 Å². The number of nitrogens with zero attached hydrogens (tertiary/aromatic N) is 2. The molecule has 2 nitrogen and oxygen atoms in total. The van der Waals surface area contributed by atoms with Crippen molar-refractivity contribution in [3.05, 3.63) is 109 Å². The molecular formula is C25H18Cl5FN2S. The summed E-state index contributed by atoms with van der Waals surface area (Å²) in [5.41, 5.74) is 2.52. The van der Waals surface area contributed by atoms with Crippen LogP contribution in [0.2, 0.25) is 25.1 Å². The zero-order valence-corrected chi connectivity index (χ0v) is 22.6. The Kier molecular flexibility index (Phi) is 7.78. The molecule has 176 valence electrons. The molecule has 0 radical (unpaired) electrons. The molecule has 0 aliphatic carbocycles. The normalized spacial score (nSPS) is 11.8. The first kappa shape index (κ1) is 25.7. The fraction of sp³-hybridized carbons (Fsp3) is 0.160. The third-order valence-electron chi connectivity index (χ3n) is 5.58. The number of thioether (sulfide) groups is 1. The van der Waals surface area contributed by atoms with E-state index in [9.17, 15) is 4.39 Å². The number of aromatic nitrogens is 2. The summed E-state index contributed by atoms with van der Waals surface area (Å²) in [6.45, 7) is 4.14. The first-order valence-corrected chi connectivity index (χ1v) is 13.0. The molecule has 0 bridgehead atoms. The summed E-state index contributed by atoms with van der Waals surface area (Å²) in [7, 11) is 0. The van der Waals surface area contributed by atoms with E-state index >= 15 is 0 Å². The lowest BCUT2D eigenvalue weighted by atomic mass is 9.81. The Labute approximate surface area is 227 Å². The molecule has 0 fully saturated rings. The number of benzene rings is 3. The van der Waals surface area contributed by atoms with Crippen molar-refractivity contribution in [2.45, 2.75) is 30.2 Å². The van der Waals surface area contributed by atoms with E-state index in [-0.39, 0.29) is 5.82 Å². The average molecular weight is 575 g/mol. The van der Waals surface area contributed by atoms with Crippen LogP contribution in [0.5, 0.6) is 0 Å². The molecule has 0 N–H and O–H groups in total. The highest BCUT2D eigenvalue weighted by atomic mass is 35.5. The van der Waals surface area contributed by atoms with Gasteiger partial charge in [0.1, 0.15) is 5.82 Å². The molecule has 0 aliphatic rings. The third kappa shape index (κ3) is 5.09. The molecule has 0 saturated heterocycles. The van der Waals surface area contributed by atoms with Crippen molar-refractivity contribution in [2.75, 3.05) is 0 Å². The minimum absolute atomic E-state index is 0.302. The van der Waals surface area contributed by atoms with Crippen LogP contribution in [0.4, 0.5) is 4.39 Å². The summed E-state index contributed by atoms with van der Waals surface area (Å²) in [6, 6.07) is 15.6. The maximum absolute atomic E-state index is 14.4. The van der Waals surface area contributed by atoms with Crippen LogP contribution in [0.1, 0.15) is 30.7 Å². The molecule has 0 unspecified atom stereocenters. The molecular weight excluding hydrogens is 557 g/mol. The lowest BCUT2D eigenvalue weighted by molar-refractivity contribution is 0.593. The smallest absolute Gasteiger partial charge is 0.173 e. The van der Waals surface area contributed by atoms with Crippen LogP contribution < -0.4 is 0 Å². The second kappa shape index (κ2) is 10.3. The monoisotopic (exact) mass is 572 g/mol. The summed E-state index contributed by atoms with van der Waals surface area (Å²) < 4.78 is 16.4. The maximum Gasteiger partial charge on any atom is 0.173 e. The van der Waals surface area contributed by atoms with Crippen molar-refractivity contribution >= 4 is 69.8 Å². The van der Waals surface area contributed by atoms with Crippen LogP contribution in [0.25, 0.3) is 5.69 Å². The quantitative estimate of drug-likeness (QED) is 0.213. The van der Waals surface area contributed by atoms with E-state index < -0.39 is 5.41 Å². The van der Waals surface area contributed by atoms with E-state index in [0.717, 1.165) is 16.9 Å². The fourth-order valence-corrected chi connectivity index (χ4v) is 5.52. The van der Waals surface area contributed by atoms with Crippen molar-refractivity contribution in [3.8, 4) is 5.69 Å². The predicted molar refractivity (Wildman–Crippen MR) is 143 cm³/mol. The van der Waals surface area contributed by atoms with Crippen LogP contribution in [0.15, 0.2) is 66.0 Å². The van der Waals surface area contributed by atoms with Gasteiger partial charge in [0.25, 0.3) is 0 Å². The Balaban J connectivity index is 1.83. The largest absolute Gasteiger partial charge is 0.291 e. The molecule has 1 heterocycles. The van der Waals surface area contributed by atoms with Crippen molar-refractivity contribution in [2.24, 2.45) is 0 Å². The van der Waals surface area contributed by atoms with Gasteiger partial charge in [0.2, 0.25) is 0 Å². The highest BCUT2D eigenvalue weighted by Crippen LogP contribution is 2.39. The van der Waals surface area contributed by atoms with Gasteiger partial charge in [0.05, 0.1) is 32.0 Å². The minimum atomic E-state index is -0.512. The second-order valence-corrected chi connectivity index (χ2v) is 11.1. The Hall–Kier alpha value is -1.40. The summed E-state index contributed by atoms with van der Waals surface area (Å²) >= 11 is 32.6. The number of hydrogen-bond donors (Lipinski definition) is 0. The van der Waals surface area contributed by atoms with Gasteiger partial charge in [-0.1, -0.05) is 95.7 Å². The van der Waals surface area contributed by atoms with Gasteiger partial charge in [-0.2, -0.15) is 0 Å². The van der Waals surface area contributed by atoms with Crippen LogP contribution in [-0.2, 0) is 11.2 Å². The van der Waals surface area contributed by atoms with Gasteiger partial charge in [0.15, 0.2) is 5.16 Å². The van der Waals surface area contributed by atoms with Crippen LogP contribution >= 0.6 is 69.8 Å². The molecule has 1 aromatic heterocycles. The van der Waals surface area contributed by atoms with Crippen LogP contribution in [0.3, 0.4) is 0 Å². The van der Waals surface area contributed by atoms with Gasteiger partial charge < -0.3 is 0 Å². The summed E-state index contributed by atoms with van der Waals surface area (Å²) in [5, 5.41) is 2.84. The molecule has 0 aliphatic heterocycles. The van der Waals surface area contributed by atoms with Crippen LogP contribution in [-0.4, -0.2) is 9.55 Å². The Bertz CT molecular complexity index is 1350. The van der Waals surface area contributed by atoms with Gasteiger partial charge in [-0.3, -0.25) is 4.57 Å². The van der Waals surface area contributed by atoms with Crippen molar-refractivity contribution in [3.63, 3.8) is 0 Å². The third-order valence-corrected chi connectivity index (χ3v) is 8.39. The molecule has 0 amide bonds. The van der Waals surface area contributed by atoms with Gasteiger partial charge >= 0.3 is 0 Å². The summed E-state index contributed by atoms with van der Waals surface area (Å²) in [4.78, 5) is 4.68. The molecule has 0 spiro atoms. The topological polar surface area (TPSA) is 17.8 Å². The summed E-state index contributed by atoms with van der Waals surface area (Å²) in [5.74, 6) is -0.0553. The Morgan fingerprint density at radius 3 is 2.18 bits per heavy atom. The highest BCUT2D eigenvalue weighted by Gasteiger charge is 2.30. The number of rotatable bonds is 6. The predicted octanol–water partition coefficient (Wildman–Crippen LogP) is 9.90. The number of halogens is 6. The molecule has 0 atom stereocenters. The standard InChI is InChI=1S/C25H18Cl5FN2S/c1-25(2,14-6-8-18(27)20(29)10-14)23-12-32-24(33(23)15-7-9-19(28)21(30)11-15)34-13-16-17(26)4-3-5-22(16)31/h3-12H,13H2,1-2H3. The van der Waals surface area contributed by atoms with Gasteiger partial charge in [-0.05, 0) is 48.0 Å². The minimum Gasteiger partial charge on any atom is -0.291 e. The van der Waals surface area contributed by atoms with E-state index in [2.05, 4.69) is 18.8 Å². The number of hydrogen-bond acceptors (Lipinski definition) is 2. The molecule has 4 rings (SSSR count). The highest BCUT2D eigenvalue weighted by molar-refractivity contribution is 7.98. The van der Waals surface area contributed by atoms with Crippen molar-refractivity contribution in [1.29, 1.82) is 0 Å². The van der Waals surface area contributed by atoms with E-state index in [1.807, 2.05) is 22.8 Å². The lowest BCUT2D eigenvalue weighted by Gasteiger charge is -2.28. The molecule has 34 heavy (non-hydrogen) atoms. The lowest BCUT2D eigenvalue weighted by Crippen LogP contribution is -2.23. The summed E-state index contributed by atoms with van der Waals surface area (Å²) in [6.07, 6.45) is 1.80. The van der Waals surface area contributed by atoms with Crippen LogP contribution in [0, 0.1) is 5.82 Å². The first-order valence-electron chi connectivity index (χ1n) is 10.1. The van der Waals surface area contributed by atoms with E-state index in [4.69, 9.17) is 58.0 Å². The SMILES string of the molecule is CC(C)(c1ccc(Cl)c(Cl)c1)c1cnc(SCc2c(F)cccc2Cl)n1-c1ccc(Cl)c(Cl)c1. The zero-order chi connectivity index (χ0) is 24.6. The van der Waals surface area contributed by atoms with Crippen molar-refractivity contribution in [1.82, 2.24) is 9.55 Å². The maximum atomic E-state index is 14.4. The molecule has 4 aromatic rings. The number of imidazole rings is 1. The van der Waals surface area contributed by atoms with Gasteiger partial charge in [-0.25, -0.2) is 9.37 Å². The van der Waals surface area contributed by atoms with E-state index in [1.54, 1.807) is 36.5 Å². The average Bonchev–Trinajstić information content (AvgIpc) is 3.22. The van der Waals surface area contributed by atoms with Gasteiger partial charge in [-0.15, -0.1) is 0 Å². The first-order chi connectivity index (χ1) is 16.1. The Morgan fingerprint density at radius 2 is 1.53 bits per heavy atom. The second-order valence-electron chi connectivity index (χ2n) is 8.10. The fourth-order valence-electron chi connectivity index (χ4n) is 3.59. The van der Waals surface area contributed by atoms with Gasteiger partial charge in [0, 0.05) is 27.4 Å². The molecule has 0 saturated carbocycles. The molecule has 3 aromatic carbocycles. The van der Waals surface area contributed by atoms with Crippen molar-refractivity contribution < 1.29 is 4.39 Å². The van der Waals surface area contributed by atoms with E-state index in [0.29, 0.717) is 41.6 Å². The molecule has 9 heteroatoms.